The van der Waals surface area contributed by atoms with Crippen molar-refractivity contribution in [1.82, 2.24) is 10.2 Å². The van der Waals surface area contributed by atoms with Gasteiger partial charge in [0, 0.05) is 28.5 Å². The van der Waals surface area contributed by atoms with Gasteiger partial charge in [-0.1, -0.05) is 11.6 Å². The number of halogens is 1. The minimum absolute atomic E-state index is 0.495. The molecule has 0 radical (unpaired) electrons. The van der Waals surface area contributed by atoms with Crippen molar-refractivity contribution >= 4 is 23.4 Å². The third kappa shape index (κ3) is 3.26. The molecule has 0 bridgehead atoms. The van der Waals surface area contributed by atoms with Gasteiger partial charge in [0.15, 0.2) is 0 Å². The van der Waals surface area contributed by atoms with Gasteiger partial charge in [0.2, 0.25) is 0 Å². The molecule has 0 amide bonds. The molecule has 0 aromatic heterocycles. The normalized spacial score (nSPS) is 29.6. The Morgan fingerprint density at radius 1 is 1.24 bits per heavy atom. The first-order valence-corrected chi connectivity index (χ1v) is 9.55. The highest BCUT2D eigenvalue weighted by Gasteiger charge is 2.34. The van der Waals surface area contributed by atoms with Gasteiger partial charge in [-0.25, -0.2) is 0 Å². The maximum Gasteiger partial charge on any atom is 0.0410 e. The van der Waals surface area contributed by atoms with E-state index in [1.54, 1.807) is 0 Å². The highest BCUT2D eigenvalue weighted by Crippen LogP contribution is 2.38. The SMILES string of the molecule is Clc1ccc2c(c1)C(NCC1CCN(C3CC3)C1)CCS2. The third-order valence-corrected chi connectivity index (χ3v) is 6.40. The van der Waals surface area contributed by atoms with Crippen molar-refractivity contribution in [3.05, 3.63) is 28.8 Å². The molecular weight excluding hydrogens is 300 g/mol. The lowest BCUT2D eigenvalue weighted by molar-refractivity contribution is 0.308. The maximum atomic E-state index is 6.19. The second-order valence-electron chi connectivity index (χ2n) is 6.66. The molecule has 2 aliphatic heterocycles. The van der Waals surface area contributed by atoms with Crippen LogP contribution in [0.15, 0.2) is 23.1 Å². The molecule has 1 aliphatic carbocycles. The summed E-state index contributed by atoms with van der Waals surface area (Å²) in [6.07, 6.45) is 5.46. The average molecular weight is 323 g/mol. The number of hydrogen-bond acceptors (Lipinski definition) is 3. The topological polar surface area (TPSA) is 15.3 Å². The van der Waals surface area contributed by atoms with Crippen molar-refractivity contribution in [2.75, 3.05) is 25.4 Å². The molecule has 1 aromatic rings. The van der Waals surface area contributed by atoms with Crippen molar-refractivity contribution < 1.29 is 0 Å². The smallest absolute Gasteiger partial charge is 0.0410 e. The fourth-order valence-corrected chi connectivity index (χ4v) is 4.97. The number of thioether (sulfide) groups is 1. The van der Waals surface area contributed by atoms with Gasteiger partial charge in [-0.2, -0.15) is 0 Å². The molecule has 4 rings (SSSR count). The van der Waals surface area contributed by atoms with Gasteiger partial charge >= 0.3 is 0 Å². The molecular formula is C17H23ClN2S. The second kappa shape index (κ2) is 6.11. The number of benzene rings is 1. The molecule has 1 N–H and O–H groups in total. The number of hydrogen-bond donors (Lipinski definition) is 1. The molecule has 114 valence electrons. The summed E-state index contributed by atoms with van der Waals surface area (Å²) >= 11 is 8.15. The van der Waals surface area contributed by atoms with Gasteiger partial charge in [-0.05, 0) is 74.2 Å². The summed E-state index contributed by atoms with van der Waals surface area (Å²) in [5, 5.41) is 4.69. The van der Waals surface area contributed by atoms with Crippen LogP contribution in [0.4, 0.5) is 0 Å². The predicted molar refractivity (Wildman–Crippen MR) is 90.2 cm³/mol. The average Bonchev–Trinajstić information content (AvgIpc) is 3.24. The number of fused-ring (bicyclic) bond motifs is 1. The summed E-state index contributed by atoms with van der Waals surface area (Å²) in [6, 6.07) is 7.78. The van der Waals surface area contributed by atoms with E-state index in [9.17, 15) is 0 Å². The van der Waals surface area contributed by atoms with E-state index in [-0.39, 0.29) is 0 Å². The van der Waals surface area contributed by atoms with Crippen molar-refractivity contribution in [1.29, 1.82) is 0 Å². The highest BCUT2D eigenvalue weighted by molar-refractivity contribution is 7.99. The zero-order valence-corrected chi connectivity index (χ0v) is 13.9. The van der Waals surface area contributed by atoms with Crippen molar-refractivity contribution in [3.63, 3.8) is 0 Å². The Morgan fingerprint density at radius 2 is 2.14 bits per heavy atom. The van der Waals surface area contributed by atoms with Gasteiger partial charge in [0.05, 0.1) is 0 Å². The monoisotopic (exact) mass is 322 g/mol. The van der Waals surface area contributed by atoms with E-state index in [1.807, 2.05) is 17.8 Å². The lowest BCUT2D eigenvalue weighted by atomic mass is 10.0. The van der Waals surface area contributed by atoms with E-state index < -0.39 is 0 Å². The molecule has 0 spiro atoms. The lowest BCUT2D eigenvalue weighted by Crippen LogP contribution is -2.31. The summed E-state index contributed by atoms with van der Waals surface area (Å²) in [7, 11) is 0. The van der Waals surface area contributed by atoms with Crippen LogP contribution < -0.4 is 5.32 Å². The minimum Gasteiger partial charge on any atom is -0.310 e. The Kier molecular flexibility index (Phi) is 4.19. The zero-order valence-electron chi connectivity index (χ0n) is 12.4. The Bertz CT molecular complexity index is 518. The fraction of sp³-hybridized carbons (Fsp3) is 0.647. The molecule has 4 heteroatoms. The number of likely N-dealkylation sites (tertiary alicyclic amines) is 1. The van der Waals surface area contributed by atoms with Crippen molar-refractivity contribution in [3.8, 4) is 0 Å². The van der Waals surface area contributed by atoms with E-state index in [2.05, 4.69) is 22.3 Å². The first-order valence-electron chi connectivity index (χ1n) is 8.19. The molecule has 2 nitrogen and oxygen atoms in total. The summed E-state index contributed by atoms with van der Waals surface area (Å²) in [6.45, 7) is 3.78. The van der Waals surface area contributed by atoms with Crippen LogP contribution in [0.5, 0.6) is 0 Å². The van der Waals surface area contributed by atoms with Crippen LogP contribution in [0.3, 0.4) is 0 Å². The summed E-state index contributed by atoms with van der Waals surface area (Å²) < 4.78 is 0. The molecule has 21 heavy (non-hydrogen) atoms. The summed E-state index contributed by atoms with van der Waals surface area (Å²) in [5.74, 6) is 2.05. The molecule has 1 saturated carbocycles. The first-order chi connectivity index (χ1) is 10.3. The predicted octanol–water partition coefficient (Wildman–Crippen LogP) is 3.95. The number of rotatable bonds is 4. The molecule has 2 atom stereocenters. The molecule has 1 aromatic carbocycles. The van der Waals surface area contributed by atoms with E-state index in [0.29, 0.717) is 6.04 Å². The Labute approximate surface area is 136 Å². The van der Waals surface area contributed by atoms with Crippen LogP contribution in [-0.2, 0) is 0 Å². The van der Waals surface area contributed by atoms with E-state index in [0.717, 1.165) is 23.5 Å². The highest BCUT2D eigenvalue weighted by atomic mass is 35.5. The Morgan fingerprint density at radius 3 is 3.00 bits per heavy atom. The molecule has 2 heterocycles. The standard InChI is InChI=1S/C17H23ClN2S/c18-13-1-4-17-15(9-13)16(6-8-21-17)19-10-12-5-7-20(11-12)14-2-3-14/h1,4,9,12,14,16,19H,2-3,5-8,10-11H2. The van der Waals surface area contributed by atoms with Crippen LogP contribution >= 0.6 is 23.4 Å². The molecule has 2 fully saturated rings. The van der Waals surface area contributed by atoms with Gasteiger partial charge in [-0.3, -0.25) is 0 Å². The van der Waals surface area contributed by atoms with E-state index in [1.165, 1.54) is 55.0 Å². The lowest BCUT2D eigenvalue weighted by Gasteiger charge is -2.27. The van der Waals surface area contributed by atoms with Crippen LogP contribution in [0.1, 0.15) is 37.3 Å². The van der Waals surface area contributed by atoms with E-state index >= 15 is 0 Å². The van der Waals surface area contributed by atoms with E-state index in [4.69, 9.17) is 11.6 Å². The Balaban J connectivity index is 1.36. The minimum atomic E-state index is 0.495. The van der Waals surface area contributed by atoms with Gasteiger partial charge in [-0.15, -0.1) is 11.8 Å². The quantitative estimate of drug-likeness (QED) is 0.903. The maximum absolute atomic E-state index is 6.19. The van der Waals surface area contributed by atoms with Gasteiger partial charge in [0.25, 0.3) is 0 Å². The summed E-state index contributed by atoms with van der Waals surface area (Å²) in [5.41, 5.74) is 1.41. The third-order valence-electron chi connectivity index (χ3n) is 5.04. The fourth-order valence-electron chi connectivity index (χ4n) is 3.69. The Hall–Kier alpha value is -0.220. The van der Waals surface area contributed by atoms with Gasteiger partial charge in [0.1, 0.15) is 0 Å². The van der Waals surface area contributed by atoms with Gasteiger partial charge < -0.3 is 10.2 Å². The number of nitrogens with zero attached hydrogens (tertiary/aromatic N) is 1. The first kappa shape index (κ1) is 14.4. The molecule has 2 unspecified atom stereocenters. The van der Waals surface area contributed by atoms with Crippen LogP contribution in [0, 0.1) is 5.92 Å². The molecule has 3 aliphatic rings. The largest absolute Gasteiger partial charge is 0.310 e. The van der Waals surface area contributed by atoms with Crippen molar-refractivity contribution in [2.45, 2.75) is 42.7 Å². The van der Waals surface area contributed by atoms with Crippen molar-refractivity contribution in [2.24, 2.45) is 5.92 Å². The van der Waals surface area contributed by atoms with Crippen LogP contribution in [0.25, 0.3) is 0 Å². The zero-order chi connectivity index (χ0) is 14.2. The number of nitrogens with one attached hydrogen (secondary N) is 1. The molecule has 1 saturated heterocycles. The summed E-state index contributed by atoms with van der Waals surface area (Å²) in [4.78, 5) is 4.11. The van der Waals surface area contributed by atoms with Crippen LogP contribution in [-0.4, -0.2) is 36.3 Å². The van der Waals surface area contributed by atoms with Crippen LogP contribution in [0.2, 0.25) is 5.02 Å². The second-order valence-corrected chi connectivity index (χ2v) is 8.23.